The molecule has 3 aliphatic heterocycles. The smallest absolute Gasteiger partial charge is 0.211 e. The van der Waals surface area contributed by atoms with Crippen LogP contribution in [0.15, 0.2) is 36.4 Å². The maximum absolute atomic E-state index is 12.5. The van der Waals surface area contributed by atoms with Gasteiger partial charge >= 0.3 is 0 Å². The molecule has 9 nitrogen and oxygen atoms in total. The summed E-state index contributed by atoms with van der Waals surface area (Å²) in [5.41, 5.74) is 7.72. The number of aryl methyl sites for hydroxylation is 1. The zero-order valence-corrected chi connectivity index (χ0v) is 26.1. The van der Waals surface area contributed by atoms with E-state index < -0.39 is 10.0 Å². The minimum atomic E-state index is -3.34. The first-order chi connectivity index (χ1) is 20.8. The predicted molar refractivity (Wildman–Crippen MR) is 167 cm³/mol. The number of benzene rings is 2. The van der Waals surface area contributed by atoms with Crippen LogP contribution in [0.5, 0.6) is 0 Å². The third-order valence-corrected chi connectivity index (χ3v) is 10.2. The highest BCUT2D eigenvalue weighted by Crippen LogP contribution is 2.33. The first kappa shape index (κ1) is 30.3. The van der Waals surface area contributed by atoms with Crippen molar-refractivity contribution >= 4 is 21.6 Å². The zero-order valence-electron chi connectivity index (χ0n) is 24.5. The number of hydrogen-bond donors (Lipinski definition) is 2. The quantitative estimate of drug-likeness (QED) is 0.391. The lowest BCUT2D eigenvalue weighted by Crippen LogP contribution is -2.38. The molecule has 0 amide bonds. The van der Waals surface area contributed by atoms with E-state index in [1.165, 1.54) is 21.7 Å². The van der Waals surface area contributed by atoms with Crippen LogP contribution in [0.4, 0.5) is 0 Å². The van der Waals surface area contributed by atoms with Gasteiger partial charge in [0.25, 0.3) is 0 Å². The molecule has 0 saturated carbocycles. The van der Waals surface area contributed by atoms with Gasteiger partial charge in [-0.25, -0.2) is 8.42 Å². The average molecular weight is 624 g/mol. The van der Waals surface area contributed by atoms with Gasteiger partial charge in [0.1, 0.15) is 0 Å². The second-order valence-corrected chi connectivity index (χ2v) is 13.9. The molecule has 43 heavy (non-hydrogen) atoms. The van der Waals surface area contributed by atoms with Gasteiger partial charge in [-0.1, -0.05) is 35.6 Å². The normalized spacial score (nSPS) is 19.4. The van der Waals surface area contributed by atoms with Crippen LogP contribution >= 0.6 is 11.6 Å². The Hall–Kier alpha value is -2.75. The number of aliphatic hydroxyl groups is 1. The number of nitrogens with one attached hydrogen (secondary N) is 1. The highest BCUT2D eigenvalue weighted by Gasteiger charge is 2.30. The molecular formula is C32H38ClN5O4S. The van der Waals surface area contributed by atoms with Gasteiger partial charge in [-0.2, -0.15) is 9.40 Å². The van der Waals surface area contributed by atoms with Gasteiger partial charge in [0, 0.05) is 86.2 Å². The van der Waals surface area contributed by atoms with Gasteiger partial charge in [0.05, 0.1) is 36.8 Å². The number of sulfonamides is 1. The molecule has 2 N–H and O–H groups in total. The van der Waals surface area contributed by atoms with Crippen molar-refractivity contribution in [2.24, 2.45) is 0 Å². The standard InChI is InChI=1S/C32H38ClN5O4S/c1-43(40,41)37-12-9-31-29(21-37)32(35-38(31)11-2-10-36-13-15-42-16-14-36)25-7-8-30(33)24(18-25)5-3-23-4-6-26-20-34-28(22-39)19-27(26)17-23/h4,6-8,17-18,28,34,39H,2,9-16,19-22H2,1H3. The summed E-state index contributed by atoms with van der Waals surface area (Å²) in [6.07, 6.45) is 3.61. The van der Waals surface area contributed by atoms with E-state index in [4.69, 9.17) is 21.4 Å². The number of halogens is 1. The molecule has 1 saturated heterocycles. The van der Waals surface area contributed by atoms with Crippen LogP contribution in [0.25, 0.3) is 11.3 Å². The number of ether oxygens (including phenoxy) is 1. The lowest BCUT2D eigenvalue weighted by molar-refractivity contribution is 0.0368. The summed E-state index contributed by atoms with van der Waals surface area (Å²) in [5, 5.41) is 18.5. The monoisotopic (exact) mass is 623 g/mol. The molecule has 0 aliphatic carbocycles. The molecule has 2 aromatic carbocycles. The van der Waals surface area contributed by atoms with Crippen LogP contribution in [0.2, 0.25) is 5.02 Å². The van der Waals surface area contributed by atoms with Crippen molar-refractivity contribution in [2.75, 3.05) is 52.3 Å². The fourth-order valence-electron chi connectivity index (χ4n) is 6.13. The van der Waals surface area contributed by atoms with E-state index in [2.05, 4.69) is 38.9 Å². The van der Waals surface area contributed by atoms with E-state index >= 15 is 0 Å². The van der Waals surface area contributed by atoms with Crippen LogP contribution in [-0.2, 0) is 47.2 Å². The van der Waals surface area contributed by atoms with Gasteiger partial charge in [0.2, 0.25) is 10.0 Å². The summed E-state index contributed by atoms with van der Waals surface area (Å²) in [7, 11) is -3.34. The molecular weight excluding hydrogens is 586 g/mol. The van der Waals surface area contributed by atoms with Crippen molar-refractivity contribution in [3.05, 3.63) is 74.9 Å². The first-order valence-corrected chi connectivity index (χ1v) is 17.1. The lowest BCUT2D eigenvalue weighted by Gasteiger charge is -2.27. The second-order valence-electron chi connectivity index (χ2n) is 11.5. The molecule has 0 spiro atoms. The van der Waals surface area contributed by atoms with Crippen LogP contribution in [0, 0.1) is 11.8 Å². The molecule has 1 aromatic heterocycles. The Labute approximate surface area is 258 Å². The number of fused-ring (bicyclic) bond motifs is 2. The van der Waals surface area contributed by atoms with Crippen molar-refractivity contribution in [1.29, 1.82) is 0 Å². The van der Waals surface area contributed by atoms with Gasteiger partial charge < -0.3 is 15.2 Å². The van der Waals surface area contributed by atoms with Gasteiger partial charge in [0.15, 0.2) is 0 Å². The van der Waals surface area contributed by atoms with Crippen molar-refractivity contribution < 1.29 is 18.3 Å². The highest BCUT2D eigenvalue weighted by molar-refractivity contribution is 7.88. The molecule has 228 valence electrons. The summed E-state index contributed by atoms with van der Waals surface area (Å²) in [6.45, 7) is 6.79. The largest absolute Gasteiger partial charge is 0.395 e. The predicted octanol–water partition coefficient (Wildman–Crippen LogP) is 2.65. The maximum atomic E-state index is 12.5. The molecule has 6 rings (SSSR count). The van der Waals surface area contributed by atoms with Crippen molar-refractivity contribution in [2.45, 2.75) is 44.9 Å². The Morgan fingerprint density at radius 3 is 2.72 bits per heavy atom. The Morgan fingerprint density at radius 2 is 1.93 bits per heavy atom. The summed E-state index contributed by atoms with van der Waals surface area (Å²) < 4.78 is 34.0. The van der Waals surface area contributed by atoms with Crippen molar-refractivity contribution in [3.8, 4) is 23.1 Å². The Kier molecular flexibility index (Phi) is 9.21. The molecule has 3 aromatic rings. The number of nitrogens with zero attached hydrogens (tertiary/aromatic N) is 4. The minimum absolute atomic E-state index is 0.0607. The third-order valence-electron chi connectivity index (χ3n) is 8.57. The molecule has 0 radical (unpaired) electrons. The van der Waals surface area contributed by atoms with E-state index in [1.807, 2.05) is 24.3 Å². The third kappa shape index (κ3) is 6.99. The summed E-state index contributed by atoms with van der Waals surface area (Å²) in [4.78, 5) is 2.42. The van der Waals surface area contributed by atoms with E-state index in [0.29, 0.717) is 30.1 Å². The Balaban J connectivity index is 1.28. The molecule has 3 aliphatic rings. The molecule has 11 heteroatoms. The fraction of sp³-hybridized carbons (Fsp3) is 0.469. The van der Waals surface area contributed by atoms with Gasteiger partial charge in [-0.15, -0.1) is 0 Å². The number of aliphatic hydroxyl groups excluding tert-OH is 1. The Bertz CT molecular complexity index is 1660. The van der Waals surface area contributed by atoms with Crippen molar-refractivity contribution in [3.63, 3.8) is 0 Å². The molecule has 1 fully saturated rings. The van der Waals surface area contributed by atoms with Crippen LogP contribution < -0.4 is 5.32 Å². The van der Waals surface area contributed by atoms with Gasteiger partial charge in [-0.05, 0) is 48.2 Å². The van der Waals surface area contributed by atoms with Crippen LogP contribution in [0.3, 0.4) is 0 Å². The molecule has 1 atom stereocenters. The van der Waals surface area contributed by atoms with Gasteiger partial charge in [-0.3, -0.25) is 9.58 Å². The second kappa shape index (κ2) is 13.1. The van der Waals surface area contributed by atoms with E-state index in [1.54, 1.807) is 0 Å². The topological polar surface area (TPSA) is 99.9 Å². The number of rotatable bonds is 7. The minimum Gasteiger partial charge on any atom is -0.395 e. The maximum Gasteiger partial charge on any atom is 0.211 e. The van der Waals surface area contributed by atoms with E-state index in [9.17, 15) is 13.5 Å². The summed E-state index contributed by atoms with van der Waals surface area (Å²) in [6, 6.07) is 12.0. The molecule has 4 heterocycles. The summed E-state index contributed by atoms with van der Waals surface area (Å²) in [5.74, 6) is 6.53. The number of aromatic nitrogens is 2. The fourth-order valence-corrected chi connectivity index (χ4v) is 7.08. The first-order valence-electron chi connectivity index (χ1n) is 14.9. The van der Waals surface area contributed by atoms with Crippen LogP contribution in [0.1, 0.15) is 39.9 Å². The van der Waals surface area contributed by atoms with E-state index in [-0.39, 0.29) is 12.6 Å². The highest BCUT2D eigenvalue weighted by atomic mass is 35.5. The summed E-state index contributed by atoms with van der Waals surface area (Å²) >= 11 is 6.61. The van der Waals surface area contributed by atoms with E-state index in [0.717, 1.165) is 86.9 Å². The lowest BCUT2D eigenvalue weighted by atomic mass is 9.94. The molecule has 1 unspecified atom stereocenters. The van der Waals surface area contributed by atoms with Crippen LogP contribution in [-0.4, -0.2) is 90.8 Å². The molecule has 0 bridgehead atoms. The number of hydrogen-bond acceptors (Lipinski definition) is 7. The zero-order chi connectivity index (χ0) is 30.0. The Morgan fingerprint density at radius 1 is 1.09 bits per heavy atom. The van der Waals surface area contributed by atoms with Crippen molar-refractivity contribution in [1.82, 2.24) is 24.3 Å². The number of morpholine rings is 1. The average Bonchev–Trinajstić information content (AvgIpc) is 3.38. The SMILES string of the molecule is CS(=O)(=O)N1CCc2c(c(-c3ccc(Cl)c(C#Cc4ccc5c(c4)CC(CO)NC5)c3)nn2CCCN2CCOCC2)C1.